The molecule has 2 aromatic rings. The molecule has 0 unspecified atom stereocenters. The van der Waals surface area contributed by atoms with Crippen LogP contribution in [-0.4, -0.2) is 52.0 Å². The van der Waals surface area contributed by atoms with E-state index in [1.807, 2.05) is 48.6 Å². The third kappa shape index (κ3) is 5.14. The van der Waals surface area contributed by atoms with Gasteiger partial charge in [-0.05, 0) is 71.9 Å². The number of carbonyl (C=O) groups excluding carboxylic acids is 1. The van der Waals surface area contributed by atoms with E-state index >= 15 is 0 Å². The molecule has 3 rings (SSSR count). The van der Waals surface area contributed by atoms with Gasteiger partial charge in [0, 0.05) is 12.2 Å². The molecular weight excluding hydrogens is 436 g/mol. The number of fused-ring (bicyclic) bond motifs is 1. The third-order valence-corrected chi connectivity index (χ3v) is 8.33. The Kier molecular flexibility index (Phi) is 8.49. The van der Waals surface area contributed by atoms with Crippen molar-refractivity contribution >= 4 is 57.5 Å². The van der Waals surface area contributed by atoms with Crippen molar-refractivity contribution in [2.24, 2.45) is 0 Å². The second-order valence-corrected chi connectivity index (χ2v) is 10.9. The highest BCUT2D eigenvalue weighted by molar-refractivity contribution is 8.17. The summed E-state index contributed by atoms with van der Waals surface area (Å²) in [6.45, 7) is 7.64. The van der Waals surface area contributed by atoms with Crippen LogP contribution in [0, 0.1) is 6.92 Å². The summed E-state index contributed by atoms with van der Waals surface area (Å²) < 4.78 is 6.14. The highest BCUT2D eigenvalue weighted by atomic mass is 35.5. The Labute approximate surface area is 193 Å². The van der Waals surface area contributed by atoms with Gasteiger partial charge >= 0.3 is 0 Å². The van der Waals surface area contributed by atoms with Gasteiger partial charge in [-0.2, -0.15) is 0 Å². The Bertz CT molecular complexity index is 887. The zero-order chi connectivity index (χ0) is 21.7. The van der Waals surface area contributed by atoms with Crippen molar-refractivity contribution in [1.29, 1.82) is 0 Å². The number of nitrogens with zero attached hydrogens (tertiary/aromatic N) is 1. The average molecular weight is 467 g/mol. The fourth-order valence-electron chi connectivity index (χ4n) is 4.03. The largest absolute Gasteiger partial charge is 0.492 e. The van der Waals surface area contributed by atoms with E-state index < -0.39 is 0 Å². The number of nitrogen functional groups attached to an aromatic ring is 1. The van der Waals surface area contributed by atoms with Crippen LogP contribution in [0.2, 0.25) is 0 Å². The van der Waals surface area contributed by atoms with Gasteiger partial charge in [0.1, 0.15) is 12.4 Å². The number of anilines is 1. The quantitative estimate of drug-likeness (QED) is 0.288. The maximum Gasteiger partial charge on any atom is 0.256 e. The van der Waals surface area contributed by atoms with Gasteiger partial charge in [-0.1, -0.05) is 13.8 Å². The molecule has 1 saturated heterocycles. The molecule has 0 radical (unpaired) electrons. The number of nitrogens with two attached hydrogens (primary N) is 1. The first-order valence-electron chi connectivity index (χ1n) is 10.6. The van der Waals surface area contributed by atoms with Gasteiger partial charge in [-0.15, -0.1) is 35.1 Å². The van der Waals surface area contributed by atoms with Crippen molar-refractivity contribution in [3.8, 4) is 5.75 Å². The SMILES string of the molecule is CCSC(SCC)[C@@H]1CCCN1C(=O)c1cc2cc(C)c(OCCCl)cc2cc1N. The molecule has 4 nitrogen and oxygen atoms in total. The molecule has 7 heteroatoms. The summed E-state index contributed by atoms with van der Waals surface area (Å²) >= 11 is 9.64. The van der Waals surface area contributed by atoms with Gasteiger partial charge in [0.25, 0.3) is 5.91 Å². The molecule has 1 aliphatic rings. The number of halogens is 1. The number of likely N-dealkylation sites (tertiary alicyclic amines) is 1. The number of benzene rings is 2. The maximum atomic E-state index is 13.5. The second-order valence-electron chi connectivity index (χ2n) is 7.43. The molecule has 2 N–H and O–H groups in total. The number of hydrogen-bond acceptors (Lipinski definition) is 5. The molecular formula is C23H31ClN2O2S2. The van der Waals surface area contributed by atoms with E-state index in [0.29, 0.717) is 28.3 Å². The van der Waals surface area contributed by atoms with Crippen molar-refractivity contribution in [2.45, 2.75) is 44.2 Å². The summed E-state index contributed by atoms with van der Waals surface area (Å²) in [4.78, 5) is 15.6. The minimum atomic E-state index is 0.0513. The van der Waals surface area contributed by atoms with Crippen LogP contribution in [0.4, 0.5) is 5.69 Å². The molecule has 1 amide bonds. The van der Waals surface area contributed by atoms with E-state index in [0.717, 1.165) is 53.0 Å². The van der Waals surface area contributed by atoms with E-state index in [1.165, 1.54) is 0 Å². The first-order valence-corrected chi connectivity index (χ1v) is 13.2. The zero-order valence-corrected chi connectivity index (χ0v) is 20.3. The van der Waals surface area contributed by atoms with Crippen LogP contribution in [0.5, 0.6) is 5.75 Å². The van der Waals surface area contributed by atoms with Crippen LogP contribution >= 0.6 is 35.1 Å². The highest BCUT2D eigenvalue weighted by Gasteiger charge is 2.35. The zero-order valence-electron chi connectivity index (χ0n) is 17.9. The number of thioether (sulfide) groups is 2. The van der Waals surface area contributed by atoms with Gasteiger partial charge in [0.05, 0.1) is 22.1 Å². The number of carbonyl (C=O) groups is 1. The minimum absolute atomic E-state index is 0.0513. The Balaban J connectivity index is 1.91. The van der Waals surface area contributed by atoms with Crippen LogP contribution in [0.15, 0.2) is 24.3 Å². The lowest BCUT2D eigenvalue weighted by molar-refractivity contribution is 0.0747. The maximum absolute atomic E-state index is 13.5. The lowest BCUT2D eigenvalue weighted by atomic mass is 10.0. The van der Waals surface area contributed by atoms with Gasteiger partial charge in [0.15, 0.2) is 0 Å². The number of amides is 1. The smallest absolute Gasteiger partial charge is 0.256 e. The summed E-state index contributed by atoms with van der Waals surface area (Å²) in [6.07, 6.45) is 2.11. The molecule has 0 bridgehead atoms. The first-order chi connectivity index (χ1) is 14.5. The van der Waals surface area contributed by atoms with Crippen molar-refractivity contribution in [3.05, 3.63) is 35.4 Å². The summed E-state index contributed by atoms with van der Waals surface area (Å²) in [5.41, 5.74) is 8.51. The molecule has 0 spiro atoms. The lowest BCUT2D eigenvalue weighted by Crippen LogP contribution is -2.41. The number of rotatable bonds is 9. The first kappa shape index (κ1) is 23.4. The minimum Gasteiger partial charge on any atom is -0.492 e. The molecule has 2 aromatic carbocycles. The molecule has 1 heterocycles. The van der Waals surface area contributed by atoms with Crippen molar-refractivity contribution in [1.82, 2.24) is 4.90 Å². The van der Waals surface area contributed by atoms with E-state index in [-0.39, 0.29) is 11.9 Å². The predicted molar refractivity (Wildman–Crippen MR) is 133 cm³/mol. The Morgan fingerprint density at radius 2 is 1.93 bits per heavy atom. The average Bonchev–Trinajstić information content (AvgIpc) is 3.21. The summed E-state index contributed by atoms with van der Waals surface area (Å²) in [5.74, 6) is 3.41. The van der Waals surface area contributed by atoms with Gasteiger partial charge in [0.2, 0.25) is 0 Å². The second kappa shape index (κ2) is 10.9. The fraction of sp³-hybridized carbons (Fsp3) is 0.522. The highest BCUT2D eigenvalue weighted by Crippen LogP contribution is 2.37. The normalized spacial score (nSPS) is 16.6. The predicted octanol–water partition coefficient (Wildman–Crippen LogP) is 5.78. The number of alkyl halides is 1. The van der Waals surface area contributed by atoms with Crippen LogP contribution < -0.4 is 10.5 Å². The molecule has 0 aromatic heterocycles. The van der Waals surface area contributed by atoms with Crippen LogP contribution in [0.3, 0.4) is 0 Å². The molecule has 1 aliphatic heterocycles. The molecule has 0 aliphatic carbocycles. The fourth-order valence-corrected chi connectivity index (χ4v) is 6.98. The molecule has 1 atom stereocenters. The number of hydrogen-bond donors (Lipinski definition) is 1. The van der Waals surface area contributed by atoms with Gasteiger partial charge < -0.3 is 15.4 Å². The monoisotopic (exact) mass is 466 g/mol. The van der Waals surface area contributed by atoms with Crippen molar-refractivity contribution < 1.29 is 9.53 Å². The molecule has 164 valence electrons. The summed E-state index contributed by atoms with van der Waals surface area (Å²) in [5, 5.41) is 1.97. The van der Waals surface area contributed by atoms with Crippen LogP contribution in [-0.2, 0) is 0 Å². The Hall–Kier alpha value is -1.24. The van der Waals surface area contributed by atoms with Crippen LogP contribution in [0.1, 0.15) is 42.6 Å². The molecule has 1 fully saturated rings. The van der Waals surface area contributed by atoms with Crippen LogP contribution in [0.25, 0.3) is 10.8 Å². The lowest BCUT2D eigenvalue weighted by Gasteiger charge is -2.31. The van der Waals surface area contributed by atoms with E-state index in [1.54, 1.807) is 0 Å². The Morgan fingerprint density at radius 3 is 2.60 bits per heavy atom. The topological polar surface area (TPSA) is 55.6 Å². The van der Waals surface area contributed by atoms with Gasteiger partial charge in [-0.25, -0.2) is 0 Å². The van der Waals surface area contributed by atoms with E-state index in [9.17, 15) is 4.79 Å². The molecule has 0 saturated carbocycles. The van der Waals surface area contributed by atoms with E-state index in [4.69, 9.17) is 22.1 Å². The standard InChI is InChI=1S/C23H31ClN2O2S2/c1-4-29-23(30-5-2)20-7-6-9-26(20)22(27)18-12-16-11-15(3)21(28-10-8-24)14-17(16)13-19(18)25/h11-14,20,23H,4-10,25H2,1-3H3/t20-/m0/s1. The number of aryl methyl sites for hydroxylation is 1. The van der Waals surface area contributed by atoms with Gasteiger partial charge in [-0.3, -0.25) is 4.79 Å². The number of ether oxygens (including phenoxy) is 1. The van der Waals surface area contributed by atoms with Crippen molar-refractivity contribution in [3.63, 3.8) is 0 Å². The molecule has 30 heavy (non-hydrogen) atoms. The summed E-state index contributed by atoms with van der Waals surface area (Å²) in [7, 11) is 0. The Morgan fingerprint density at radius 1 is 1.23 bits per heavy atom. The van der Waals surface area contributed by atoms with Crippen molar-refractivity contribution in [2.75, 3.05) is 36.3 Å². The summed E-state index contributed by atoms with van der Waals surface area (Å²) in [6, 6.07) is 8.12. The third-order valence-electron chi connectivity index (χ3n) is 5.40. The van der Waals surface area contributed by atoms with E-state index in [2.05, 4.69) is 24.8 Å².